The second kappa shape index (κ2) is 12.8. The molecule has 0 atom stereocenters. The largest absolute Gasteiger partial charge is 0.309 e. The molecule has 11 aromatic rings. The zero-order chi connectivity index (χ0) is 39.2. The van der Waals surface area contributed by atoms with E-state index >= 15 is 0 Å². The maximum absolute atomic E-state index is 2.46. The van der Waals surface area contributed by atoms with E-state index in [2.05, 4.69) is 229 Å². The Labute approximate surface area is 343 Å². The van der Waals surface area contributed by atoms with Gasteiger partial charge in [0.05, 0.1) is 22.1 Å². The van der Waals surface area contributed by atoms with Gasteiger partial charge in [-0.2, -0.15) is 0 Å². The van der Waals surface area contributed by atoms with Gasteiger partial charge < -0.3 is 9.13 Å². The van der Waals surface area contributed by atoms with Crippen molar-refractivity contribution >= 4 is 65.2 Å². The van der Waals surface area contributed by atoms with Crippen LogP contribution in [0.3, 0.4) is 0 Å². The topological polar surface area (TPSA) is 9.86 Å². The molecule has 0 saturated heterocycles. The van der Waals surface area contributed by atoms with E-state index in [1.807, 2.05) is 0 Å². The normalized spacial score (nSPS) is 13.1. The first kappa shape index (κ1) is 33.7. The van der Waals surface area contributed by atoms with E-state index in [9.17, 15) is 0 Å². The number of hydrogen-bond donors (Lipinski definition) is 0. The molecule has 0 radical (unpaired) electrons. The van der Waals surface area contributed by atoms with Crippen LogP contribution in [-0.2, 0) is 5.41 Å². The highest BCUT2D eigenvalue weighted by atomic mass is 15.0. The first-order chi connectivity index (χ1) is 29.0. The van der Waals surface area contributed by atoms with Crippen LogP contribution in [0.25, 0.3) is 98.8 Å². The molecule has 0 bridgehead atoms. The van der Waals surface area contributed by atoms with Crippen molar-refractivity contribution in [1.29, 1.82) is 0 Å². The van der Waals surface area contributed by atoms with Crippen LogP contribution < -0.4 is 0 Å². The first-order valence-electron chi connectivity index (χ1n) is 20.6. The molecule has 0 aliphatic heterocycles. The third-order valence-electron chi connectivity index (χ3n) is 13.0. The van der Waals surface area contributed by atoms with Crippen molar-refractivity contribution in [1.82, 2.24) is 9.13 Å². The average Bonchev–Trinajstić information content (AvgIpc) is 3.74. The minimum absolute atomic E-state index is 0.0789. The number of rotatable bonds is 3. The lowest BCUT2D eigenvalue weighted by atomic mass is 9.82. The summed E-state index contributed by atoms with van der Waals surface area (Å²) in [6.07, 6.45) is 0. The fourth-order valence-electron chi connectivity index (χ4n) is 10.2. The van der Waals surface area contributed by atoms with E-state index in [0.717, 1.165) is 16.7 Å². The molecule has 0 saturated carbocycles. The van der Waals surface area contributed by atoms with Crippen molar-refractivity contribution < 1.29 is 0 Å². The van der Waals surface area contributed by atoms with Crippen molar-refractivity contribution in [3.05, 3.63) is 217 Å². The summed E-state index contributed by atoms with van der Waals surface area (Å²) in [6, 6.07) is 76.2. The van der Waals surface area contributed by atoms with Gasteiger partial charge in [0.25, 0.3) is 0 Å². The molecule has 2 heteroatoms. The molecular weight excluding hydrogens is 713 g/mol. The highest BCUT2D eigenvalue weighted by Crippen LogP contribution is 2.51. The minimum Gasteiger partial charge on any atom is -0.309 e. The summed E-state index contributed by atoms with van der Waals surface area (Å²) in [4.78, 5) is 0. The fourth-order valence-corrected chi connectivity index (χ4v) is 10.2. The summed E-state index contributed by atoms with van der Waals surface area (Å²) in [6.45, 7) is 4.73. The van der Waals surface area contributed by atoms with E-state index in [4.69, 9.17) is 0 Å². The Hall–Kier alpha value is -7.42. The van der Waals surface area contributed by atoms with E-state index in [1.165, 1.54) is 93.2 Å². The van der Waals surface area contributed by atoms with Gasteiger partial charge in [-0.15, -0.1) is 0 Å². The highest BCUT2D eigenvalue weighted by Gasteiger charge is 2.36. The molecule has 278 valence electrons. The van der Waals surface area contributed by atoms with Gasteiger partial charge >= 0.3 is 0 Å². The number of para-hydroxylation sites is 3. The Bertz CT molecular complexity index is 3460. The van der Waals surface area contributed by atoms with E-state index in [1.54, 1.807) is 0 Å². The lowest BCUT2D eigenvalue weighted by Gasteiger charge is -2.21. The van der Waals surface area contributed by atoms with E-state index in [0.29, 0.717) is 0 Å². The highest BCUT2D eigenvalue weighted by molar-refractivity contribution is 6.19. The van der Waals surface area contributed by atoms with Crippen LogP contribution in [0.15, 0.2) is 206 Å². The van der Waals surface area contributed by atoms with Gasteiger partial charge in [0.1, 0.15) is 0 Å². The maximum Gasteiger partial charge on any atom is 0.0544 e. The zero-order valence-corrected chi connectivity index (χ0v) is 33.0. The molecule has 0 amide bonds. The van der Waals surface area contributed by atoms with Gasteiger partial charge in [-0.25, -0.2) is 0 Å². The maximum atomic E-state index is 2.46. The molecule has 1 aliphatic rings. The van der Waals surface area contributed by atoms with Crippen LogP contribution in [0.2, 0.25) is 0 Å². The van der Waals surface area contributed by atoms with Gasteiger partial charge in [0, 0.05) is 38.3 Å². The summed E-state index contributed by atoms with van der Waals surface area (Å²) in [5.74, 6) is 0. The van der Waals surface area contributed by atoms with Crippen molar-refractivity contribution in [3.63, 3.8) is 0 Å². The Morgan fingerprint density at radius 2 is 0.746 bits per heavy atom. The molecule has 2 aromatic heterocycles. The van der Waals surface area contributed by atoms with Crippen molar-refractivity contribution in [2.45, 2.75) is 19.3 Å². The van der Waals surface area contributed by atoms with Crippen molar-refractivity contribution in [2.75, 3.05) is 0 Å². The standard InChI is InChI=1S/C57H40N2/c1-57(2)51-25-13-10-22-45(51)48-35-50-49-34-38(30-33-55(49)59(56(50)36-52(48)57)39-16-4-3-5-17-39)37-28-31-40(32-29-37)58-53-26-14-11-23-46(53)43-20-8-6-18-41(43)42-19-7-9-21-44(42)47-24-12-15-27-54(47)58/h3-36H,1-2H3. The Morgan fingerprint density at radius 1 is 0.288 bits per heavy atom. The minimum atomic E-state index is -0.0789. The molecule has 9 aromatic carbocycles. The second-order valence-corrected chi connectivity index (χ2v) is 16.5. The summed E-state index contributed by atoms with van der Waals surface area (Å²) >= 11 is 0. The van der Waals surface area contributed by atoms with Crippen molar-refractivity contribution in [3.8, 4) is 33.6 Å². The fraction of sp³-hybridized carbons (Fsp3) is 0.0526. The average molecular weight is 753 g/mol. The molecule has 12 rings (SSSR count). The summed E-state index contributed by atoms with van der Waals surface area (Å²) in [5, 5.41) is 9.88. The SMILES string of the molecule is CC1(C)c2ccccc2-c2cc3c4cc(-c5ccc(-n6c7ccccc7c7ccccc7c7ccccc7c7ccccc76)cc5)ccc4n(-c4ccccc4)c3cc21. The third kappa shape index (κ3) is 5.00. The van der Waals surface area contributed by atoms with Crippen LogP contribution in [0.1, 0.15) is 25.0 Å². The summed E-state index contributed by atoms with van der Waals surface area (Å²) in [5.41, 5.74) is 14.8. The number of benzene rings is 9. The second-order valence-electron chi connectivity index (χ2n) is 16.5. The van der Waals surface area contributed by atoms with Gasteiger partial charge in [0.2, 0.25) is 0 Å². The lowest BCUT2D eigenvalue weighted by molar-refractivity contribution is 0.661. The number of aromatic nitrogens is 2. The molecular formula is C57H40N2. The number of nitrogens with zero attached hydrogens (tertiary/aromatic N) is 2. The van der Waals surface area contributed by atoms with Gasteiger partial charge in [-0.1, -0.05) is 159 Å². The van der Waals surface area contributed by atoms with E-state index < -0.39 is 0 Å². The van der Waals surface area contributed by atoms with Crippen LogP contribution in [0, 0.1) is 0 Å². The molecule has 2 heterocycles. The molecule has 59 heavy (non-hydrogen) atoms. The van der Waals surface area contributed by atoms with Crippen LogP contribution >= 0.6 is 0 Å². The summed E-state index contributed by atoms with van der Waals surface area (Å²) in [7, 11) is 0. The van der Waals surface area contributed by atoms with Crippen LogP contribution in [-0.4, -0.2) is 9.13 Å². The zero-order valence-electron chi connectivity index (χ0n) is 33.0. The molecule has 1 aliphatic carbocycles. The molecule has 2 nitrogen and oxygen atoms in total. The van der Waals surface area contributed by atoms with Crippen LogP contribution in [0.4, 0.5) is 0 Å². The first-order valence-corrected chi connectivity index (χ1v) is 20.6. The lowest BCUT2D eigenvalue weighted by Crippen LogP contribution is -2.14. The van der Waals surface area contributed by atoms with Gasteiger partial charge in [-0.3, -0.25) is 0 Å². The number of hydrogen-bond acceptors (Lipinski definition) is 0. The third-order valence-corrected chi connectivity index (χ3v) is 13.0. The number of fused-ring (bicyclic) bond motifs is 13. The predicted octanol–water partition coefficient (Wildman–Crippen LogP) is 15.3. The predicted molar refractivity (Wildman–Crippen MR) is 251 cm³/mol. The van der Waals surface area contributed by atoms with E-state index in [-0.39, 0.29) is 5.41 Å². The Kier molecular flexibility index (Phi) is 7.31. The molecule has 0 fully saturated rings. The van der Waals surface area contributed by atoms with Gasteiger partial charge in [0.15, 0.2) is 0 Å². The van der Waals surface area contributed by atoms with Gasteiger partial charge in [-0.05, 0) is 116 Å². The Balaban J connectivity index is 1.09. The monoisotopic (exact) mass is 752 g/mol. The quantitative estimate of drug-likeness (QED) is 0.170. The smallest absolute Gasteiger partial charge is 0.0544 e. The molecule has 0 N–H and O–H groups in total. The van der Waals surface area contributed by atoms with Crippen LogP contribution in [0.5, 0.6) is 0 Å². The summed E-state index contributed by atoms with van der Waals surface area (Å²) < 4.78 is 4.90. The Morgan fingerprint density at radius 3 is 1.39 bits per heavy atom. The molecule has 0 unspecified atom stereocenters. The molecule has 0 spiro atoms. The van der Waals surface area contributed by atoms with Crippen molar-refractivity contribution in [2.24, 2.45) is 0 Å².